The molecule has 3 rings (SSSR count). The molecule has 0 unspecified atom stereocenters. The highest BCUT2D eigenvalue weighted by Crippen LogP contribution is 2.21. The molecule has 0 radical (unpaired) electrons. The molecule has 0 spiro atoms. The standard InChI is InChI=1S/C21H26N2O/c1-15-12-17(3)20(13-16(15)2)21(24)23-11-7-10-19(14-23)22-18-8-5-4-6-9-18/h4-6,8-9,12-13,19,22H,7,10-11,14H2,1-3H3/t19-/m0/s1. The Morgan fingerprint density at radius 3 is 2.50 bits per heavy atom. The first-order valence-corrected chi connectivity index (χ1v) is 8.73. The lowest BCUT2D eigenvalue weighted by molar-refractivity contribution is 0.0714. The topological polar surface area (TPSA) is 32.3 Å². The van der Waals surface area contributed by atoms with E-state index >= 15 is 0 Å². The van der Waals surface area contributed by atoms with Crippen LogP contribution in [0.15, 0.2) is 42.5 Å². The predicted octanol–water partition coefficient (Wildman–Crippen LogP) is 4.33. The Morgan fingerprint density at radius 1 is 1.04 bits per heavy atom. The summed E-state index contributed by atoms with van der Waals surface area (Å²) >= 11 is 0. The Morgan fingerprint density at radius 2 is 1.75 bits per heavy atom. The van der Waals surface area contributed by atoms with Gasteiger partial charge in [0.25, 0.3) is 5.91 Å². The third kappa shape index (κ3) is 3.61. The first kappa shape index (κ1) is 16.6. The van der Waals surface area contributed by atoms with Crippen molar-refractivity contribution in [2.24, 2.45) is 0 Å². The molecule has 1 atom stereocenters. The van der Waals surface area contributed by atoms with E-state index in [1.54, 1.807) is 0 Å². The molecule has 0 aliphatic carbocycles. The molecule has 1 aliphatic heterocycles. The van der Waals surface area contributed by atoms with E-state index < -0.39 is 0 Å². The molecule has 1 amide bonds. The van der Waals surface area contributed by atoms with Crippen molar-refractivity contribution in [2.75, 3.05) is 18.4 Å². The number of rotatable bonds is 3. The molecular weight excluding hydrogens is 296 g/mol. The number of nitrogens with zero attached hydrogens (tertiary/aromatic N) is 1. The average Bonchev–Trinajstić information content (AvgIpc) is 2.59. The van der Waals surface area contributed by atoms with Gasteiger partial charge in [0.05, 0.1) is 0 Å². The summed E-state index contributed by atoms with van der Waals surface area (Å²) in [6.07, 6.45) is 2.14. The van der Waals surface area contributed by atoms with Crippen LogP contribution in [0.25, 0.3) is 0 Å². The fraction of sp³-hybridized carbons (Fsp3) is 0.381. The van der Waals surface area contributed by atoms with Gasteiger partial charge < -0.3 is 10.2 Å². The summed E-state index contributed by atoms with van der Waals surface area (Å²) in [5.41, 5.74) is 5.46. The van der Waals surface area contributed by atoms with Crippen LogP contribution in [0.4, 0.5) is 5.69 Å². The van der Waals surface area contributed by atoms with Crippen LogP contribution in [0.1, 0.15) is 39.9 Å². The Labute approximate surface area is 144 Å². The second kappa shape index (κ2) is 7.08. The van der Waals surface area contributed by atoms with Gasteiger partial charge in [0, 0.05) is 30.4 Å². The second-order valence-corrected chi connectivity index (χ2v) is 6.85. The molecule has 0 saturated carbocycles. The molecule has 126 valence electrons. The van der Waals surface area contributed by atoms with E-state index in [0.29, 0.717) is 6.04 Å². The zero-order chi connectivity index (χ0) is 17.1. The number of hydrogen-bond donors (Lipinski definition) is 1. The van der Waals surface area contributed by atoms with Crippen molar-refractivity contribution in [3.63, 3.8) is 0 Å². The number of carbonyl (C=O) groups excluding carboxylic acids is 1. The van der Waals surface area contributed by atoms with E-state index in [4.69, 9.17) is 0 Å². The number of aryl methyl sites for hydroxylation is 3. The van der Waals surface area contributed by atoms with Crippen LogP contribution in [0.2, 0.25) is 0 Å². The summed E-state index contributed by atoms with van der Waals surface area (Å²) in [6, 6.07) is 14.7. The Bertz CT molecular complexity index is 724. The Kier molecular flexibility index (Phi) is 4.89. The first-order chi connectivity index (χ1) is 11.5. The molecule has 2 aromatic rings. The molecule has 1 heterocycles. The van der Waals surface area contributed by atoms with Crippen LogP contribution in [0.3, 0.4) is 0 Å². The van der Waals surface area contributed by atoms with Gasteiger partial charge in [0.1, 0.15) is 0 Å². The third-order valence-electron chi connectivity index (χ3n) is 4.92. The van der Waals surface area contributed by atoms with Crippen LogP contribution in [-0.2, 0) is 0 Å². The van der Waals surface area contributed by atoms with E-state index in [0.717, 1.165) is 42.7 Å². The highest BCUT2D eigenvalue weighted by atomic mass is 16.2. The summed E-state index contributed by atoms with van der Waals surface area (Å²) in [5.74, 6) is 0.162. The van der Waals surface area contributed by atoms with Crippen LogP contribution in [-0.4, -0.2) is 29.9 Å². The summed E-state index contributed by atoms with van der Waals surface area (Å²) in [6.45, 7) is 7.81. The number of nitrogens with one attached hydrogen (secondary N) is 1. The van der Waals surface area contributed by atoms with Crippen LogP contribution in [0.5, 0.6) is 0 Å². The molecule has 3 nitrogen and oxygen atoms in total. The number of carbonyl (C=O) groups is 1. The number of piperidine rings is 1. The Balaban J connectivity index is 1.72. The zero-order valence-electron chi connectivity index (χ0n) is 14.8. The maximum Gasteiger partial charge on any atom is 0.254 e. The largest absolute Gasteiger partial charge is 0.381 e. The summed E-state index contributed by atoms with van der Waals surface area (Å²) in [7, 11) is 0. The zero-order valence-corrected chi connectivity index (χ0v) is 14.8. The summed E-state index contributed by atoms with van der Waals surface area (Å²) in [5, 5.41) is 3.56. The van der Waals surface area contributed by atoms with Crippen LogP contribution in [0, 0.1) is 20.8 Å². The van der Waals surface area contributed by atoms with Gasteiger partial charge in [-0.05, 0) is 68.5 Å². The number of hydrogen-bond acceptors (Lipinski definition) is 2. The quantitative estimate of drug-likeness (QED) is 0.912. The van der Waals surface area contributed by atoms with Crippen molar-refractivity contribution in [3.05, 3.63) is 64.7 Å². The van der Waals surface area contributed by atoms with E-state index in [9.17, 15) is 4.79 Å². The minimum Gasteiger partial charge on any atom is -0.381 e. The lowest BCUT2D eigenvalue weighted by Gasteiger charge is -2.34. The first-order valence-electron chi connectivity index (χ1n) is 8.73. The third-order valence-corrected chi connectivity index (χ3v) is 4.92. The van der Waals surface area contributed by atoms with Gasteiger partial charge in [-0.1, -0.05) is 24.3 Å². The van der Waals surface area contributed by atoms with Gasteiger partial charge in [0.15, 0.2) is 0 Å². The molecule has 1 fully saturated rings. The smallest absolute Gasteiger partial charge is 0.254 e. The van der Waals surface area contributed by atoms with Crippen molar-refractivity contribution in [1.29, 1.82) is 0 Å². The Hall–Kier alpha value is -2.29. The molecule has 24 heavy (non-hydrogen) atoms. The number of anilines is 1. The fourth-order valence-electron chi connectivity index (χ4n) is 3.41. The van der Waals surface area contributed by atoms with Gasteiger partial charge >= 0.3 is 0 Å². The summed E-state index contributed by atoms with van der Waals surface area (Å²) < 4.78 is 0. The normalized spacial score (nSPS) is 17.6. The van der Waals surface area contributed by atoms with Gasteiger partial charge in [0.2, 0.25) is 0 Å². The molecule has 0 bridgehead atoms. The molecule has 0 aromatic heterocycles. The molecule has 1 saturated heterocycles. The van der Waals surface area contributed by atoms with E-state index in [1.165, 1.54) is 11.1 Å². The molecule has 3 heteroatoms. The number of benzene rings is 2. The van der Waals surface area contributed by atoms with Gasteiger partial charge in [-0.3, -0.25) is 4.79 Å². The average molecular weight is 322 g/mol. The van der Waals surface area contributed by atoms with Crippen molar-refractivity contribution in [2.45, 2.75) is 39.7 Å². The number of amides is 1. The molecule has 2 aromatic carbocycles. The van der Waals surface area contributed by atoms with Crippen molar-refractivity contribution in [3.8, 4) is 0 Å². The molecule has 1 N–H and O–H groups in total. The van der Waals surface area contributed by atoms with Crippen LogP contribution >= 0.6 is 0 Å². The molecular formula is C21H26N2O. The number of para-hydroxylation sites is 1. The van der Waals surface area contributed by atoms with Gasteiger partial charge in [-0.2, -0.15) is 0 Å². The number of likely N-dealkylation sites (tertiary alicyclic amines) is 1. The van der Waals surface area contributed by atoms with Crippen molar-refractivity contribution >= 4 is 11.6 Å². The highest BCUT2D eigenvalue weighted by Gasteiger charge is 2.25. The van der Waals surface area contributed by atoms with Gasteiger partial charge in [-0.25, -0.2) is 0 Å². The molecule has 1 aliphatic rings. The lowest BCUT2D eigenvalue weighted by atomic mass is 9.98. The van der Waals surface area contributed by atoms with Crippen molar-refractivity contribution in [1.82, 2.24) is 4.90 Å². The highest BCUT2D eigenvalue weighted by molar-refractivity contribution is 5.96. The van der Waals surface area contributed by atoms with E-state index in [-0.39, 0.29) is 5.91 Å². The SMILES string of the molecule is Cc1cc(C)c(C(=O)N2CCC[C@H](Nc3ccccc3)C2)cc1C. The maximum atomic E-state index is 13.0. The maximum absolute atomic E-state index is 13.0. The minimum absolute atomic E-state index is 0.162. The predicted molar refractivity (Wildman–Crippen MR) is 99.6 cm³/mol. The minimum atomic E-state index is 0.162. The summed E-state index contributed by atoms with van der Waals surface area (Å²) in [4.78, 5) is 15.0. The van der Waals surface area contributed by atoms with Crippen molar-refractivity contribution < 1.29 is 4.79 Å². The fourth-order valence-corrected chi connectivity index (χ4v) is 3.41. The van der Waals surface area contributed by atoms with E-state index in [1.807, 2.05) is 36.1 Å². The van der Waals surface area contributed by atoms with E-state index in [2.05, 4.69) is 37.4 Å². The van der Waals surface area contributed by atoms with Gasteiger partial charge in [-0.15, -0.1) is 0 Å². The van der Waals surface area contributed by atoms with Crippen LogP contribution < -0.4 is 5.32 Å². The monoisotopic (exact) mass is 322 g/mol. The second-order valence-electron chi connectivity index (χ2n) is 6.85. The lowest BCUT2D eigenvalue weighted by Crippen LogP contribution is -2.45.